The summed E-state index contributed by atoms with van der Waals surface area (Å²) in [6.45, 7) is 0. The van der Waals surface area contributed by atoms with Crippen molar-refractivity contribution in [2.45, 2.75) is 44.1 Å². The fourth-order valence-corrected chi connectivity index (χ4v) is 6.11. The van der Waals surface area contributed by atoms with Gasteiger partial charge in [-0.05, 0) is 68.4 Å². The summed E-state index contributed by atoms with van der Waals surface area (Å²) in [6.07, 6.45) is 7.99. The SMILES string of the molecule is O=C(Nc1ccc([N+](=O)[O-])cc1)c1nn(C23CC4CC(CC(C4)C2)C3)cc1[N+](=O)[O-]. The molecular weight excluding hydrogens is 390 g/mol. The molecule has 4 aliphatic rings. The molecule has 4 bridgehead atoms. The molecule has 0 spiro atoms. The number of carbonyl (C=O) groups is 1. The predicted octanol–water partition coefficient (Wildman–Crippen LogP) is 3.88. The van der Waals surface area contributed by atoms with Crippen LogP contribution in [0, 0.1) is 38.0 Å². The number of nitro groups is 2. The molecule has 0 saturated heterocycles. The zero-order valence-electron chi connectivity index (χ0n) is 16.2. The summed E-state index contributed by atoms with van der Waals surface area (Å²) in [7, 11) is 0. The minimum Gasteiger partial charge on any atom is -0.320 e. The van der Waals surface area contributed by atoms with Crippen molar-refractivity contribution in [3.63, 3.8) is 0 Å². The third kappa shape index (κ3) is 3.03. The highest BCUT2D eigenvalue weighted by atomic mass is 16.6. The number of nitro benzene ring substituents is 1. The van der Waals surface area contributed by atoms with Crippen LogP contribution in [-0.4, -0.2) is 25.5 Å². The largest absolute Gasteiger partial charge is 0.320 e. The second kappa shape index (κ2) is 6.61. The predicted molar refractivity (Wildman–Crippen MR) is 106 cm³/mol. The van der Waals surface area contributed by atoms with Crippen LogP contribution in [0.15, 0.2) is 30.5 Å². The molecule has 0 aliphatic heterocycles. The smallest absolute Gasteiger partial charge is 0.320 e. The lowest BCUT2D eigenvalue weighted by molar-refractivity contribution is -0.385. The van der Waals surface area contributed by atoms with Crippen LogP contribution < -0.4 is 5.32 Å². The normalized spacial score (nSPS) is 29.0. The topological polar surface area (TPSA) is 133 Å². The fraction of sp³-hybridized carbons (Fsp3) is 0.500. The standard InChI is InChI=1S/C20H21N5O5/c26-19(21-15-1-3-16(4-2-15)24(27)28)18-17(25(29)30)11-23(22-18)20-8-12-5-13(9-20)7-14(6-12)10-20/h1-4,11-14H,5-10H2,(H,21,26). The lowest BCUT2D eigenvalue weighted by atomic mass is 9.53. The third-order valence-electron chi connectivity index (χ3n) is 6.93. The Balaban J connectivity index is 1.44. The molecule has 1 heterocycles. The van der Waals surface area contributed by atoms with Gasteiger partial charge in [0.25, 0.3) is 11.6 Å². The van der Waals surface area contributed by atoms with Crippen molar-refractivity contribution in [3.8, 4) is 0 Å². The third-order valence-corrected chi connectivity index (χ3v) is 6.93. The molecule has 156 valence electrons. The first-order chi connectivity index (χ1) is 14.3. The molecule has 2 aromatic rings. The maximum atomic E-state index is 12.8. The number of rotatable bonds is 5. The minimum atomic E-state index is -0.695. The highest BCUT2D eigenvalue weighted by molar-refractivity contribution is 6.05. The molecule has 1 amide bonds. The number of hydrogen-bond acceptors (Lipinski definition) is 6. The first-order valence-electron chi connectivity index (χ1n) is 10.1. The van der Waals surface area contributed by atoms with Crippen LogP contribution >= 0.6 is 0 Å². The van der Waals surface area contributed by atoms with Crippen molar-refractivity contribution >= 4 is 23.0 Å². The number of hydrogen-bond donors (Lipinski definition) is 1. The number of carbonyl (C=O) groups excluding carboxylic acids is 1. The number of nitrogens with zero attached hydrogens (tertiary/aromatic N) is 4. The molecule has 1 aromatic carbocycles. The van der Waals surface area contributed by atoms with Gasteiger partial charge >= 0.3 is 5.69 Å². The van der Waals surface area contributed by atoms with Crippen molar-refractivity contribution in [2.24, 2.45) is 17.8 Å². The zero-order valence-corrected chi connectivity index (χ0v) is 16.2. The quantitative estimate of drug-likeness (QED) is 0.586. The summed E-state index contributed by atoms with van der Waals surface area (Å²) < 4.78 is 1.69. The zero-order chi connectivity index (χ0) is 21.0. The van der Waals surface area contributed by atoms with Crippen LogP contribution in [0.4, 0.5) is 17.1 Å². The molecule has 4 aliphatic carbocycles. The maximum absolute atomic E-state index is 12.8. The molecule has 0 unspecified atom stereocenters. The summed E-state index contributed by atoms with van der Waals surface area (Å²) in [5.41, 5.74) is -0.570. The lowest BCUT2D eigenvalue weighted by Crippen LogP contribution is -2.52. The van der Waals surface area contributed by atoms with E-state index in [4.69, 9.17) is 0 Å². The van der Waals surface area contributed by atoms with Crippen molar-refractivity contribution in [3.05, 3.63) is 56.4 Å². The summed E-state index contributed by atoms with van der Waals surface area (Å²) in [5.74, 6) is 1.21. The van der Waals surface area contributed by atoms with E-state index in [-0.39, 0.29) is 22.6 Å². The Kier molecular flexibility index (Phi) is 4.12. The molecule has 10 nitrogen and oxygen atoms in total. The van der Waals surface area contributed by atoms with E-state index in [1.807, 2.05) is 0 Å². The summed E-state index contributed by atoms with van der Waals surface area (Å²) in [4.78, 5) is 34.1. The van der Waals surface area contributed by atoms with Gasteiger partial charge in [0.2, 0.25) is 5.69 Å². The van der Waals surface area contributed by atoms with Gasteiger partial charge in [0.1, 0.15) is 6.20 Å². The summed E-state index contributed by atoms with van der Waals surface area (Å²) in [6, 6.07) is 5.30. The minimum absolute atomic E-state index is 0.106. The molecule has 0 atom stereocenters. The van der Waals surface area contributed by atoms with Gasteiger partial charge in [-0.15, -0.1) is 0 Å². The van der Waals surface area contributed by atoms with Gasteiger partial charge in [0.15, 0.2) is 0 Å². The Morgan fingerprint density at radius 1 is 1.00 bits per heavy atom. The van der Waals surface area contributed by atoms with E-state index in [0.29, 0.717) is 23.4 Å². The molecule has 6 rings (SSSR count). The van der Waals surface area contributed by atoms with Gasteiger partial charge in [-0.3, -0.25) is 29.7 Å². The molecule has 1 aromatic heterocycles. The molecular formula is C20H21N5O5. The average Bonchev–Trinajstić information content (AvgIpc) is 3.14. The fourth-order valence-electron chi connectivity index (χ4n) is 6.11. The number of benzene rings is 1. The van der Waals surface area contributed by atoms with Crippen LogP contribution in [0.3, 0.4) is 0 Å². The number of non-ortho nitro benzene ring substituents is 1. The number of anilines is 1. The molecule has 10 heteroatoms. The van der Waals surface area contributed by atoms with E-state index in [0.717, 1.165) is 19.3 Å². The molecule has 30 heavy (non-hydrogen) atoms. The van der Waals surface area contributed by atoms with Gasteiger partial charge in [0.05, 0.1) is 15.4 Å². The Bertz CT molecular complexity index is 1010. The first kappa shape index (κ1) is 18.7. The Morgan fingerprint density at radius 2 is 1.57 bits per heavy atom. The number of amides is 1. The first-order valence-corrected chi connectivity index (χ1v) is 10.1. The van der Waals surface area contributed by atoms with E-state index in [1.54, 1.807) is 4.68 Å². The van der Waals surface area contributed by atoms with Crippen LogP contribution in [0.2, 0.25) is 0 Å². The van der Waals surface area contributed by atoms with E-state index in [9.17, 15) is 25.0 Å². The van der Waals surface area contributed by atoms with E-state index in [2.05, 4.69) is 10.4 Å². The van der Waals surface area contributed by atoms with E-state index < -0.39 is 15.8 Å². The molecule has 1 N–H and O–H groups in total. The highest BCUT2D eigenvalue weighted by Gasteiger charge is 2.53. The maximum Gasteiger partial charge on any atom is 0.320 e. The highest BCUT2D eigenvalue weighted by Crippen LogP contribution is 2.58. The second-order valence-corrected chi connectivity index (χ2v) is 8.96. The average molecular weight is 411 g/mol. The Hall–Kier alpha value is -3.30. The lowest BCUT2D eigenvalue weighted by Gasteiger charge is -2.56. The summed E-state index contributed by atoms with van der Waals surface area (Å²) in [5, 5.41) is 29.4. The second-order valence-electron chi connectivity index (χ2n) is 8.96. The van der Waals surface area contributed by atoms with Crippen LogP contribution in [0.25, 0.3) is 0 Å². The van der Waals surface area contributed by atoms with E-state index in [1.165, 1.54) is 49.7 Å². The van der Waals surface area contributed by atoms with Gasteiger partial charge in [-0.1, -0.05) is 0 Å². The molecule has 4 saturated carbocycles. The summed E-state index contributed by atoms with van der Waals surface area (Å²) >= 11 is 0. The van der Waals surface area contributed by atoms with Crippen molar-refractivity contribution < 1.29 is 14.6 Å². The van der Waals surface area contributed by atoms with Crippen molar-refractivity contribution in [1.82, 2.24) is 9.78 Å². The van der Waals surface area contributed by atoms with E-state index >= 15 is 0 Å². The van der Waals surface area contributed by atoms with Crippen LogP contribution in [0.1, 0.15) is 49.0 Å². The number of aromatic nitrogens is 2. The van der Waals surface area contributed by atoms with Crippen LogP contribution in [-0.2, 0) is 5.54 Å². The Labute approximate surface area is 171 Å². The van der Waals surface area contributed by atoms with Crippen molar-refractivity contribution in [1.29, 1.82) is 0 Å². The number of nitrogens with one attached hydrogen (secondary N) is 1. The molecule has 0 radical (unpaired) electrons. The van der Waals surface area contributed by atoms with Gasteiger partial charge in [-0.25, -0.2) is 0 Å². The van der Waals surface area contributed by atoms with Gasteiger partial charge in [-0.2, -0.15) is 5.10 Å². The van der Waals surface area contributed by atoms with Crippen LogP contribution in [0.5, 0.6) is 0 Å². The Morgan fingerprint density at radius 3 is 2.07 bits per heavy atom. The molecule has 4 fully saturated rings. The van der Waals surface area contributed by atoms with Gasteiger partial charge in [0, 0.05) is 17.8 Å². The monoisotopic (exact) mass is 411 g/mol. The van der Waals surface area contributed by atoms with Crippen molar-refractivity contribution in [2.75, 3.05) is 5.32 Å². The van der Waals surface area contributed by atoms with Gasteiger partial charge < -0.3 is 5.32 Å².